The van der Waals surface area contributed by atoms with Crippen LogP contribution in [0.25, 0.3) is 0 Å². The normalized spacial score (nSPS) is 32.0. The molecule has 0 aromatic rings. The Balaban J connectivity index is 2.69. The van der Waals surface area contributed by atoms with E-state index in [9.17, 15) is 4.79 Å². The molecule has 1 aliphatic heterocycles. The molecule has 0 aliphatic carbocycles. The fourth-order valence-corrected chi connectivity index (χ4v) is 1.63. The molecule has 1 saturated heterocycles. The molecule has 0 spiro atoms. The van der Waals surface area contributed by atoms with E-state index >= 15 is 0 Å². The number of alkyl halides is 1. The molecule has 0 aromatic heterocycles. The summed E-state index contributed by atoms with van der Waals surface area (Å²) in [6, 6.07) is 0. The van der Waals surface area contributed by atoms with Crippen LogP contribution in [0.4, 0.5) is 0 Å². The summed E-state index contributed by atoms with van der Waals surface area (Å²) in [4.78, 5) is 11.3. The van der Waals surface area contributed by atoms with E-state index in [0.29, 0.717) is 0 Å². The Kier molecular flexibility index (Phi) is 3.33. The molecule has 1 rings (SSSR count). The number of carbonyl (C=O) groups excluding carboxylic acids is 1. The van der Waals surface area contributed by atoms with Crippen molar-refractivity contribution in [3.63, 3.8) is 0 Å². The molecule has 13 heavy (non-hydrogen) atoms. The second-order valence-electron chi connectivity index (χ2n) is 3.60. The van der Waals surface area contributed by atoms with Gasteiger partial charge in [-0.15, -0.1) is 11.6 Å². The molecule has 3 nitrogen and oxygen atoms in total. The quantitative estimate of drug-likeness (QED) is 0.660. The van der Waals surface area contributed by atoms with Gasteiger partial charge in [-0.25, -0.2) is 0 Å². The van der Waals surface area contributed by atoms with Crippen LogP contribution in [-0.2, 0) is 14.3 Å². The minimum atomic E-state index is -0.660. The summed E-state index contributed by atoms with van der Waals surface area (Å²) in [6.45, 7) is 5.57. The lowest BCUT2D eigenvalue weighted by molar-refractivity contribution is -0.153. The smallest absolute Gasteiger partial charge is 0.179 e. The summed E-state index contributed by atoms with van der Waals surface area (Å²) < 4.78 is 11.0. The van der Waals surface area contributed by atoms with Crippen molar-refractivity contribution in [2.75, 3.05) is 5.88 Å². The number of hydrogen-bond acceptors (Lipinski definition) is 3. The molecular weight excluding hydrogens is 192 g/mol. The lowest BCUT2D eigenvalue weighted by Gasteiger charge is -2.16. The van der Waals surface area contributed by atoms with E-state index in [-0.39, 0.29) is 17.8 Å². The van der Waals surface area contributed by atoms with Gasteiger partial charge in [0.25, 0.3) is 0 Å². The van der Waals surface area contributed by atoms with Crippen molar-refractivity contribution in [3.05, 3.63) is 0 Å². The third-order valence-electron chi connectivity index (χ3n) is 2.04. The number of hydrogen-bond donors (Lipinski definition) is 0. The van der Waals surface area contributed by atoms with Gasteiger partial charge < -0.3 is 9.47 Å². The van der Waals surface area contributed by atoms with Crippen LogP contribution in [0, 0.1) is 0 Å². The second kappa shape index (κ2) is 3.95. The first-order valence-electron chi connectivity index (χ1n) is 4.44. The van der Waals surface area contributed by atoms with E-state index in [1.54, 1.807) is 13.8 Å². The van der Waals surface area contributed by atoms with Gasteiger partial charge in [0.05, 0.1) is 12.0 Å². The van der Waals surface area contributed by atoms with Crippen molar-refractivity contribution < 1.29 is 14.3 Å². The average Bonchev–Trinajstić information content (AvgIpc) is 2.39. The van der Waals surface area contributed by atoms with Crippen molar-refractivity contribution >= 4 is 17.4 Å². The first-order chi connectivity index (χ1) is 6.00. The van der Waals surface area contributed by atoms with Crippen molar-refractivity contribution in [2.45, 2.75) is 45.2 Å². The summed E-state index contributed by atoms with van der Waals surface area (Å²) in [5.74, 6) is -0.771. The number of ether oxygens (including phenoxy) is 2. The Morgan fingerprint density at radius 2 is 2.08 bits per heavy atom. The van der Waals surface area contributed by atoms with E-state index in [1.165, 1.54) is 0 Å². The van der Waals surface area contributed by atoms with Crippen molar-refractivity contribution in [1.29, 1.82) is 0 Å². The zero-order valence-corrected chi connectivity index (χ0v) is 8.93. The molecule has 1 heterocycles. The molecule has 1 fully saturated rings. The Morgan fingerprint density at radius 1 is 1.46 bits per heavy atom. The molecule has 0 N–H and O–H groups in total. The third kappa shape index (κ3) is 2.42. The predicted molar refractivity (Wildman–Crippen MR) is 49.8 cm³/mol. The molecule has 2 atom stereocenters. The number of carbonyl (C=O) groups is 1. The third-order valence-corrected chi connectivity index (χ3v) is 2.30. The van der Waals surface area contributed by atoms with Gasteiger partial charge in [0.15, 0.2) is 11.6 Å². The summed E-state index contributed by atoms with van der Waals surface area (Å²) in [5.41, 5.74) is 0. The van der Waals surface area contributed by atoms with Crippen LogP contribution in [0.1, 0.15) is 27.2 Å². The average molecular weight is 207 g/mol. The molecule has 1 aliphatic rings. The van der Waals surface area contributed by atoms with Crippen LogP contribution < -0.4 is 0 Å². The first-order valence-corrected chi connectivity index (χ1v) is 4.98. The highest BCUT2D eigenvalue weighted by Gasteiger charge is 2.43. The molecule has 0 amide bonds. The fourth-order valence-electron chi connectivity index (χ4n) is 1.48. The Morgan fingerprint density at radius 3 is 2.54 bits per heavy atom. The van der Waals surface area contributed by atoms with Crippen molar-refractivity contribution in [2.24, 2.45) is 0 Å². The van der Waals surface area contributed by atoms with Crippen LogP contribution in [0.3, 0.4) is 0 Å². The molecule has 0 saturated carbocycles. The van der Waals surface area contributed by atoms with Crippen molar-refractivity contribution in [3.8, 4) is 0 Å². The fraction of sp³-hybridized carbons (Fsp3) is 0.889. The van der Waals surface area contributed by atoms with Gasteiger partial charge in [0, 0.05) is 0 Å². The maximum atomic E-state index is 11.3. The summed E-state index contributed by atoms with van der Waals surface area (Å²) in [7, 11) is 0. The largest absolute Gasteiger partial charge is 0.344 e. The van der Waals surface area contributed by atoms with Crippen LogP contribution in [0.2, 0.25) is 0 Å². The van der Waals surface area contributed by atoms with E-state index in [1.807, 2.05) is 6.92 Å². The van der Waals surface area contributed by atoms with Gasteiger partial charge in [0.1, 0.15) is 6.10 Å². The van der Waals surface area contributed by atoms with Gasteiger partial charge in [-0.3, -0.25) is 4.79 Å². The highest BCUT2D eigenvalue weighted by molar-refractivity contribution is 6.28. The zero-order valence-electron chi connectivity index (χ0n) is 8.17. The lowest BCUT2D eigenvalue weighted by atomic mass is 10.1. The SMILES string of the molecule is CCC1OC(C)(C)OC1C(=O)CCl. The molecule has 0 bridgehead atoms. The lowest BCUT2D eigenvalue weighted by Crippen LogP contribution is -2.32. The van der Waals surface area contributed by atoms with Crippen LogP contribution in [0.15, 0.2) is 0 Å². The molecule has 76 valence electrons. The number of rotatable bonds is 3. The van der Waals surface area contributed by atoms with Crippen LogP contribution in [-0.4, -0.2) is 29.7 Å². The van der Waals surface area contributed by atoms with Crippen LogP contribution >= 0.6 is 11.6 Å². The van der Waals surface area contributed by atoms with E-state index in [0.717, 1.165) is 6.42 Å². The second-order valence-corrected chi connectivity index (χ2v) is 3.87. The zero-order chi connectivity index (χ0) is 10.1. The highest BCUT2D eigenvalue weighted by atomic mass is 35.5. The van der Waals surface area contributed by atoms with E-state index < -0.39 is 11.9 Å². The molecule has 0 aromatic carbocycles. The number of ketones is 1. The minimum Gasteiger partial charge on any atom is -0.344 e. The Hall–Kier alpha value is -0.120. The Bertz CT molecular complexity index is 203. The van der Waals surface area contributed by atoms with Gasteiger partial charge >= 0.3 is 0 Å². The predicted octanol–water partition coefficient (Wildman–Crippen LogP) is 1.72. The summed E-state index contributed by atoms with van der Waals surface area (Å²) in [6.07, 6.45) is 0.121. The van der Waals surface area contributed by atoms with Gasteiger partial charge in [0.2, 0.25) is 0 Å². The van der Waals surface area contributed by atoms with E-state index in [4.69, 9.17) is 21.1 Å². The minimum absolute atomic E-state index is 0.0133. The van der Waals surface area contributed by atoms with Crippen LogP contribution in [0.5, 0.6) is 0 Å². The topological polar surface area (TPSA) is 35.5 Å². The molecule has 0 radical (unpaired) electrons. The first kappa shape index (κ1) is 11.0. The monoisotopic (exact) mass is 206 g/mol. The molecule has 2 unspecified atom stereocenters. The van der Waals surface area contributed by atoms with Crippen molar-refractivity contribution in [1.82, 2.24) is 0 Å². The van der Waals surface area contributed by atoms with E-state index in [2.05, 4.69) is 0 Å². The maximum Gasteiger partial charge on any atom is 0.179 e. The Labute approximate surface area is 83.3 Å². The number of halogens is 1. The standard InChI is InChI=1S/C9H15ClO3/c1-4-7-8(6(11)5-10)13-9(2,3)12-7/h7-8H,4-5H2,1-3H3. The van der Waals surface area contributed by atoms with Gasteiger partial charge in [-0.05, 0) is 20.3 Å². The molecular formula is C9H15ClO3. The number of Topliss-reactive ketones (excluding diaryl/α,β-unsaturated/α-hetero) is 1. The van der Waals surface area contributed by atoms with Gasteiger partial charge in [-0.2, -0.15) is 0 Å². The molecule has 4 heteroatoms. The highest BCUT2D eigenvalue weighted by Crippen LogP contribution is 2.30. The van der Waals surface area contributed by atoms with Gasteiger partial charge in [-0.1, -0.05) is 6.92 Å². The summed E-state index contributed by atoms with van der Waals surface area (Å²) in [5, 5.41) is 0. The maximum absolute atomic E-state index is 11.3. The summed E-state index contributed by atoms with van der Waals surface area (Å²) >= 11 is 5.46.